The zero-order valence-electron chi connectivity index (χ0n) is 9.73. The Balaban J connectivity index is 1.60. The fraction of sp³-hybridized carbons (Fsp3) is 0.500. The summed E-state index contributed by atoms with van der Waals surface area (Å²) in [5.74, 6) is 1.72. The third kappa shape index (κ3) is 1.79. The van der Waals surface area contributed by atoms with Gasteiger partial charge >= 0.3 is 0 Å². The molecule has 2 aromatic rings. The zero-order valence-corrected chi connectivity index (χ0v) is 9.73. The average molecular weight is 228 g/mol. The molecule has 4 rings (SSSR count). The first-order chi connectivity index (χ1) is 8.40. The van der Waals surface area contributed by atoms with Gasteiger partial charge in [-0.2, -0.15) is 4.98 Å². The third-order valence-electron chi connectivity index (χ3n) is 3.84. The Labute approximate surface area is 100 Å². The van der Waals surface area contributed by atoms with Crippen molar-refractivity contribution in [2.45, 2.75) is 31.7 Å². The Morgan fingerprint density at radius 3 is 2.47 bits per heavy atom. The Morgan fingerprint density at radius 1 is 1.12 bits per heavy atom. The molecule has 0 bridgehead atoms. The molecule has 2 saturated carbocycles. The number of hydrogen-bond acceptors (Lipinski definition) is 3. The lowest BCUT2D eigenvalue weighted by atomic mass is 10.1. The molecule has 0 atom stereocenters. The van der Waals surface area contributed by atoms with Gasteiger partial charge in [0.25, 0.3) is 6.01 Å². The van der Waals surface area contributed by atoms with Gasteiger partial charge in [0.2, 0.25) is 0 Å². The topological polar surface area (TPSA) is 38.1 Å². The van der Waals surface area contributed by atoms with Gasteiger partial charge in [0.15, 0.2) is 5.58 Å². The molecule has 1 N–H and O–H groups in total. The van der Waals surface area contributed by atoms with Crippen molar-refractivity contribution in [3.8, 4) is 0 Å². The van der Waals surface area contributed by atoms with Crippen LogP contribution in [0.25, 0.3) is 11.1 Å². The molecule has 0 saturated heterocycles. The van der Waals surface area contributed by atoms with E-state index in [-0.39, 0.29) is 0 Å². The van der Waals surface area contributed by atoms with E-state index in [9.17, 15) is 0 Å². The van der Waals surface area contributed by atoms with Crippen LogP contribution >= 0.6 is 0 Å². The highest BCUT2D eigenvalue weighted by molar-refractivity contribution is 5.74. The van der Waals surface area contributed by atoms with Crippen LogP contribution < -0.4 is 5.32 Å². The fourth-order valence-corrected chi connectivity index (χ4v) is 2.61. The van der Waals surface area contributed by atoms with Crippen molar-refractivity contribution in [1.29, 1.82) is 0 Å². The minimum atomic E-state index is 0.600. The Kier molecular flexibility index (Phi) is 1.95. The maximum absolute atomic E-state index is 5.73. The van der Waals surface area contributed by atoms with Gasteiger partial charge in [-0.15, -0.1) is 0 Å². The minimum absolute atomic E-state index is 0.600. The van der Waals surface area contributed by atoms with Crippen molar-refractivity contribution in [2.24, 2.45) is 11.8 Å². The average Bonchev–Trinajstić information content (AvgIpc) is 3.22. The van der Waals surface area contributed by atoms with Gasteiger partial charge in [-0.3, -0.25) is 0 Å². The number of aromatic nitrogens is 1. The first-order valence-electron chi connectivity index (χ1n) is 6.52. The first-order valence-corrected chi connectivity index (χ1v) is 6.52. The van der Waals surface area contributed by atoms with Crippen LogP contribution in [-0.2, 0) is 0 Å². The predicted molar refractivity (Wildman–Crippen MR) is 66.9 cm³/mol. The summed E-state index contributed by atoms with van der Waals surface area (Å²) in [6.07, 6.45) is 5.48. The van der Waals surface area contributed by atoms with Crippen molar-refractivity contribution in [1.82, 2.24) is 4.98 Å². The van der Waals surface area contributed by atoms with Crippen LogP contribution in [0.15, 0.2) is 28.7 Å². The summed E-state index contributed by atoms with van der Waals surface area (Å²) >= 11 is 0. The summed E-state index contributed by atoms with van der Waals surface area (Å²) in [5, 5.41) is 3.51. The van der Waals surface area contributed by atoms with Crippen molar-refractivity contribution >= 4 is 17.1 Å². The molecule has 3 nitrogen and oxygen atoms in total. The molecule has 88 valence electrons. The molecule has 2 aliphatic rings. The molecule has 3 heteroatoms. The van der Waals surface area contributed by atoms with Gasteiger partial charge in [0, 0.05) is 6.04 Å². The molecule has 0 aliphatic heterocycles. The van der Waals surface area contributed by atoms with Gasteiger partial charge in [-0.25, -0.2) is 0 Å². The van der Waals surface area contributed by atoms with E-state index in [1.165, 1.54) is 25.7 Å². The molecule has 1 aromatic carbocycles. The van der Waals surface area contributed by atoms with Gasteiger partial charge < -0.3 is 9.73 Å². The van der Waals surface area contributed by atoms with E-state index in [1.807, 2.05) is 24.3 Å². The van der Waals surface area contributed by atoms with Gasteiger partial charge in [0.1, 0.15) is 5.52 Å². The van der Waals surface area contributed by atoms with E-state index >= 15 is 0 Å². The molecular formula is C14H16N2O. The highest BCUT2D eigenvalue weighted by Crippen LogP contribution is 2.45. The monoisotopic (exact) mass is 228 g/mol. The summed E-state index contributed by atoms with van der Waals surface area (Å²) in [5.41, 5.74) is 1.82. The lowest BCUT2D eigenvalue weighted by Gasteiger charge is -2.15. The van der Waals surface area contributed by atoms with Crippen molar-refractivity contribution in [2.75, 3.05) is 5.32 Å². The minimum Gasteiger partial charge on any atom is -0.424 e. The molecule has 2 aliphatic carbocycles. The number of oxazole rings is 1. The molecule has 0 amide bonds. The highest BCUT2D eigenvalue weighted by atomic mass is 16.4. The standard InChI is InChI=1S/C14H16N2O/c1-2-4-12-11(3-1)15-14(17-12)16-13(9-5-6-9)10-7-8-10/h1-4,9-10,13H,5-8H2,(H,15,16). The van der Waals surface area contributed by atoms with E-state index in [0.29, 0.717) is 12.1 Å². The van der Waals surface area contributed by atoms with Crippen LogP contribution in [0.5, 0.6) is 0 Å². The number of anilines is 1. The zero-order chi connectivity index (χ0) is 11.2. The van der Waals surface area contributed by atoms with Crippen molar-refractivity contribution in [3.05, 3.63) is 24.3 Å². The predicted octanol–water partition coefficient (Wildman–Crippen LogP) is 3.43. The second-order valence-electron chi connectivity index (χ2n) is 5.33. The van der Waals surface area contributed by atoms with Crippen LogP contribution in [0.1, 0.15) is 25.7 Å². The van der Waals surface area contributed by atoms with E-state index in [0.717, 1.165) is 22.9 Å². The number of para-hydroxylation sites is 2. The quantitative estimate of drug-likeness (QED) is 0.871. The number of benzene rings is 1. The lowest BCUT2D eigenvalue weighted by molar-refractivity contribution is 0.528. The maximum Gasteiger partial charge on any atom is 0.295 e. The van der Waals surface area contributed by atoms with Crippen molar-refractivity contribution < 1.29 is 4.42 Å². The van der Waals surface area contributed by atoms with E-state index in [1.54, 1.807) is 0 Å². The largest absolute Gasteiger partial charge is 0.424 e. The van der Waals surface area contributed by atoms with Crippen LogP contribution in [-0.4, -0.2) is 11.0 Å². The van der Waals surface area contributed by atoms with Crippen molar-refractivity contribution in [3.63, 3.8) is 0 Å². The van der Waals surface area contributed by atoms with Gasteiger partial charge in [-0.1, -0.05) is 12.1 Å². The fourth-order valence-electron chi connectivity index (χ4n) is 2.61. The SMILES string of the molecule is c1ccc2oc(NC(C3CC3)C3CC3)nc2c1. The number of nitrogens with zero attached hydrogens (tertiary/aromatic N) is 1. The number of hydrogen-bond donors (Lipinski definition) is 1. The summed E-state index contributed by atoms with van der Waals surface area (Å²) in [4.78, 5) is 4.50. The first kappa shape index (κ1) is 9.51. The van der Waals surface area contributed by atoms with E-state index < -0.39 is 0 Å². The highest BCUT2D eigenvalue weighted by Gasteiger charge is 2.42. The number of fused-ring (bicyclic) bond motifs is 1. The van der Waals surface area contributed by atoms with Crippen LogP contribution in [0, 0.1) is 11.8 Å². The van der Waals surface area contributed by atoms with E-state index in [2.05, 4.69) is 10.3 Å². The second-order valence-corrected chi connectivity index (χ2v) is 5.33. The molecule has 1 heterocycles. The molecule has 1 aromatic heterocycles. The Bertz CT molecular complexity index is 495. The summed E-state index contributed by atoms with van der Waals surface area (Å²) in [6.45, 7) is 0. The molecule has 17 heavy (non-hydrogen) atoms. The lowest BCUT2D eigenvalue weighted by Crippen LogP contribution is -2.24. The number of rotatable bonds is 4. The van der Waals surface area contributed by atoms with Gasteiger partial charge in [-0.05, 0) is 49.7 Å². The molecule has 0 spiro atoms. The molecule has 2 fully saturated rings. The van der Waals surface area contributed by atoms with Crippen LogP contribution in [0.2, 0.25) is 0 Å². The smallest absolute Gasteiger partial charge is 0.295 e. The second kappa shape index (κ2) is 3.49. The normalized spacial score (nSPS) is 20.1. The summed E-state index contributed by atoms with van der Waals surface area (Å²) in [6, 6.07) is 9.24. The Hall–Kier alpha value is -1.51. The van der Waals surface area contributed by atoms with E-state index in [4.69, 9.17) is 4.42 Å². The van der Waals surface area contributed by atoms with Crippen LogP contribution in [0.3, 0.4) is 0 Å². The third-order valence-corrected chi connectivity index (χ3v) is 3.84. The molecular weight excluding hydrogens is 212 g/mol. The van der Waals surface area contributed by atoms with Crippen LogP contribution in [0.4, 0.5) is 6.01 Å². The Morgan fingerprint density at radius 2 is 1.82 bits per heavy atom. The number of nitrogens with one attached hydrogen (secondary N) is 1. The molecule has 0 unspecified atom stereocenters. The van der Waals surface area contributed by atoms with Gasteiger partial charge in [0.05, 0.1) is 0 Å². The summed E-state index contributed by atoms with van der Waals surface area (Å²) in [7, 11) is 0. The maximum atomic E-state index is 5.73. The summed E-state index contributed by atoms with van der Waals surface area (Å²) < 4.78 is 5.73. The molecule has 0 radical (unpaired) electrons.